The van der Waals surface area contributed by atoms with E-state index in [1.807, 2.05) is 41.5 Å². The number of hydrogen-bond acceptors (Lipinski definition) is 8. The predicted octanol–water partition coefficient (Wildman–Crippen LogP) is 5.86. The monoisotopic (exact) mass is 483 g/mol. The van der Waals surface area contributed by atoms with Crippen molar-refractivity contribution in [1.29, 1.82) is 0 Å². The molecule has 1 aliphatic heterocycles. The summed E-state index contributed by atoms with van der Waals surface area (Å²) in [6.07, 6.45) is 2.56. The Bertz CT molecular complexity index is 562. The van der Waals surface area contributed by atoms with Crippen LogP contribution >= 0.6 is 28.5 Å². The van der Waals surface area contributed by atoms with Crippen LogP contribution in [-0.4, -0.2) is 66.9 Å². The average Bonchev–Trinajstić information content (AvgIpc) is 2.63. The van der Waals surface area contributed by atoms with Crippen LogP contribution in [0, 0.1) is 5.41 Å². The summed E-state index contributed by atoms with van der Waals surface area (Å²) < 4.78 is 30.1. The molecule has 9 heteroatoms. The zero-order valence-electron chi connectivity index (χ0n) is 19.9. The Hall–Kier alpha value is 0.280. The van der Waals surface area contributed by atoms with Gasteiger partial charge in [0.1, 0.15) is 6.61 Å². The summed E-state index contributed by atoms with van der Waals surface area (Å²) in [7, 11) is 0. The van der Waals surface area contributed by atoms with Crippen molar-refractivity contribution < 1.29 is 23.4 Å². The zero-order valence-corrected chi connectivity index (χ0v) is 22.4. The Kier molecular flexibility index (Phi) is 12.4. The number of nitrogens with zero attached hydrogens (tertiary/aromatic N) is 1. The first kappa shape index (κ1) is 28.3. The van der Waals surface area contributed by atoms with E-state index in [0.29, 0.717) is 5.75 Å². The number of carbonyl (C=O) groups excluding carboxylic acids is 1. The lowest BCUT2D eigenvalue weighted by atomic mass is 9.89. The first-order valence-corrected chi connectivity index (χ1v) is 15.6. The van der Waals surface area contributed by atoms with Gasteiger partial charge in [-0.2, -0.15) is 0 Å². The summed E-state index contributed by atoms with van der Waals surface area (Å²) in [5.74, 6) is -2.67. The molecule has 1 aliphatic rings. The van der Waals surface area contributed by atoms with E-state index in [4.69, 9.17) is 14.0 Å². The molecule has 0 radical (unpaired) electrons. The van der Waals surface area contributed by atoms with Crippen LogP contribution in [0.25, 0.3) is 0 Å². The molecule has 0 aromatic heterocycles. The lowest BCUT2D eigenvalue weighted by Crippen LogP contribution is -2.39. The summed E-state index contributed by atoms with van der Waals surface area (Å²) in [6, 6.07) is 0. The van der Waals surface area contributed by atoms with Gasteiger partial charge in [0, 0.05) is 23.6 Å². The van der Waals surface area contributed by atoms with Crippen molar-refractivity contribution in [1.82, 2.24) is 4.90 Å². The molecular weight excluding hydrogens is 441 g/mol. The van der Waals surface area contributed by atoms with Gasteiger partial charge in [0.15, 0.2) is 0 Å². The molecule has 2 atom stereocenters. The second kappa shape index (κ2) is 13.1. The molecule has 6 nitrogen and oxygen atoms in total. The fourth-order valence-corrected chi connectivity index (χ4v) is 12.1. The SMILES string of the molecule is CCCC(C)OP(=O)(SCCOC(=O)C(C)(C)CCN1CCOCC1)SC(C)(C)C. The molecule has 30 heavy (non-hydrogen) atoms. The quantitative estimate of drug-likeness (QED) is 0.183. The van der Waals surface area contributed by atoms with Crippen molar-refractivity contribution in [3.63, 3.8) is 0 Å². The van der Waals surface area contributed by atoms with E-state index in [9.17, 15) is 9.36 Å². The summed E-state index contributed by atoms with van der Waals surface area (Å²) >= 11 is 2.68. The minimum atomic E-state index is -2.94. The van der Waals surface area contributed by atoms with Gasteiger partial charge in [0.05, 0.1) is 24.7 Å². The fourth-order valence-electron chi connectivity index (χ4n) is 2.94. The first-order chi connectivity index (χ1) is 13.9. The number of rotatable bonds is 13. The number of morpholine rings is 1. The van der Waals surface area contributed by atoms with Gasteiger partial charge in [0.2, 0.25) is 0 Å². The van der Waals surface area contributed by atoms with Crippen LogP contribution in [0.1, 0.15) is 67.7 Å². The topological polar surface area (TPSA) is 65.1 Å². The molecule has 0 aromatic rings. The van der Waals surface area contributed by atoms with Gasteiger partial charge in [0.25, 0.3) is 0 Å². The Morgan fingerprint density at radius 2 is 1.83 bits per heavy atom. The smallest absolute Gasteiger partial charge is 0.314 e. The average molecular weight is 484 g/mol. The van der Waals surface area contributed by atoms with Gasteiger partial charge in [-0.05, 0) is 40.2 Å². The van der Waals surface area contributed by atoms with E-state index in [-0.39, 0.29) is 23.4 Å². The van der Waals surface area contributed by atoms with Crippen LogP contribution in [0.4, 0.5) is 0 Å². The maximum atomic E-state index is 13.4. The van der Waals surface area contributed by atoms with Gasteiger partial charge >= 0.3 is 11.7 Å². The Morgan fingerprint density at radius 1 is 1.20 bits per heavy atom. The largest absolute Gasteiger partial charge is 0.464 e. The molecule has 1 saturated heterocycles. The van der Waals surface area contributed by atoms with Crippen molar-refractivity contribution in [3.05, 3.63) is 0 Å². The van der Waals surface area contributed by atoms with E-state index in [2.05, 4.69) is 11.8 Å². The molecule has 0 bridgehead atoms. The third kappa shape index (κ3) is 11.8. The minimum absolute atomic E-state index is 0.0511. The Morgan fingerprint density at radius 3 is 2.40 bits per heavy atom. The fraction of sp³-hybridized carbons (Fsp3) is 0.952. The second-order valence-electron chi connectivity index (χ2n) is 9.41. The molecule has 1 heterocycles. The highest BCUT2D eigenvalue weighted by molar-refractivity contribution is 8.89. The maximum absolute atomic E-state index is 13.4. The highest BCUT2D eigenvalue weighted by Crippen LogP contribution is 2.73. The number of hydrogen-bond donors (Lipinski definition) is 0. The molecule has 178 valence electrons. The van der Waals surface area contributed by atoms with Gasteiger partial charge in [-0.15, -0.1) is 0 Å². The molecule has 1 rings (SSSR count). The third-order valence-corrected chi connectivity index (χ3v) is 12.7. The molecule has 0 amide bonds. The zero-order chi connectivity index (χ0) is 22.8. The van der Waals surface area contributed by atoms with Crippen molar-refractivity contribution in [2.45, 2.75) is 78.6 Å². The third-order valence-electron chi connectivity index (χ3n) is 4.67. The van der Waals surface area contributed by atoms with E-state index < -0.39 is 11.2 Å². The second-order valence-corrected chi connectivity index (χ2v) is 17.5. The molecule has 0 aliphatic carbocycles. The van der Waals surface area contributed by atoms with E-state index in [1.165, 1.54) is 22.8 Å². The molecule has 0 aromatic carbocycles. The molecule has 1 fully saturated rings. The Labute approximate surface area is 191 Å². The lowest BCUT2D eigenvalue weighted by molar-refractivity contribution is -0.153. The van der Waals surface area contributed by atoms with Crippen LogP contribution in [-0.2, 0) is 23.4 Å². The minimum Gasteiger partial charge on any atom is -0.464 e. The normalized spacial score (nSPS) is 19.3. The van der Waals surface area contributed by atoms with E-state index in [0.717, 1.165) is 52.1 Å². The summed E-state index contributed by atoms with van der Waals surface area (Å²) in [4.78, 5) is 14.9. The van der Waals surface area contributed by atoms with Crippen LogP contribution in [0.15, 0.2) is 0 Å². The summed E-state index contributed by atoms with van der Waals surface area (Å²) in [6.45, 7) is 18.5. The first-order valence-electron chi connectivity index (χ1n) is 11.0. The van der Waals surface area contributed by atoms with Crippen LogP contribution in [0.3, 0.4) is 0 Å². The van der Waals surface area contributed by atoms with Crippen molar-refractivity contribution >= 4 is 34.5 Å². The number of carbonyl (C=O) groups is 1. The number of esters is 1. The summed E-state index contributed by atoms with van der Waals surface area (Å²) in [5.41, 5.74) is -0.543. The molecule has 0 spiro atoms. The lowest BCUT2D eigenvalue weighted by Gasteiger charge is -2.30. The maximum Gasteiger partial charge on any atom is 0.314 e. The molecule has 0 saturated carbocycles. The number of ether oxygens (including phenoxy) is 2. The van der Waals surface area contributed by atoms with Crippen LogP contribution in [0.2, 0.25) is 0 Å². The Balaban J connectivity index is 2.47. The van der Waals surface area contributed by atoms with Crippen molar-refractivity contribution in [3.8, 4) is 0 Å². The van der Waals surface area contributed by atoms with Crippen molar-refractivity contribution in [2.75, 3.05) is 45.2 Å². The predicted molar refractivity (Wildman–Crippen MR) is 129 cm³/mol. The van der Waals surface area contributed by atoms with Gasteiger partial charge in [-0.25, -0.2) is 0 Å². The highest BCUT2D eigenvalue weighted by Gasteiger charge is 2.34. The molecular formula is C21H42NO5PS2. The van der Waals surface area contributed by atoms with E-state index >= 15 is 0 Å². The van der Waals surface area contributed by atoms with Gasteiger partial charge in [-0.1, -0.05) is 56.9 Å². The van der Waals surface area contributed by atoms with Gasteiger partial charge < -0.3 is 14.0 Å². The molecule has 2 unspecified atom stereocenters. The molecule has 0 N–H and O–H groups in total. The van der Waals surface area contributed by atoms with E-state index in [1.54, 1.807) is 0 Å². The highest BCUT2D eigenvalue weighted by atomic mass is 33.1. The van der Waals surface area contributed by atoms with Crippen molar-refractivity contribution in [2.24, 2.45) is 5.41 Å². The van der Waals surface area contributed by atoms with Crippen LogP contribution < -0.4 is 0 Å². The summed E-state index contributed by atoms with van der Waals surface area (Å²) in [5, 5.41) is 0. The standard InChI is InChI=1S/C21H42NO5PS2/c1-8-9-18(2)27-28(24,30-20(3,4)5)29-17-16-26-19(23)21(6,7)10-11-22-12-14-25-15-13-22/h18H,8-17H2,1-7H3. The van der Waals surface area contributed by atoms with Gasteiger partial charge in [-0.3, -0.25) is 14.3 Å². The van der Waals surface area contributed by atoms with Crippen LogP contribution in [0.5, 0.6) is 0 Å².